The van der Waals surface area contributed by atoms with E-state index < -0.39 is 11.6 Å². The molecule has 0 unspecified atom stereocenters. The second-order valence-electron chi connectivity index (χ2n) is 6.42. The molecule has 0 saturated heterocycles. The van der Waals surface area contributed by atoms with E-state index in [0.29, 0.717) is 29.3 Å². The van der Waals surface area contributed by atoms with Gasteiger partial charge in [-0.25, -0.2) is 9.78 Å². The van der Waals surface area contributed by atoms with Crippen LogP contribution in [-0.4, -0.2) is 11.0 Å². The highest BCUT2D eigenvalue weighted by molar-refractivity contribution is 7.09. The molecule has 0 atom stereocenters. The minimum atomic E-state index is -0.588. The molecule has 0 fully saturated rings. The predicted octanol–water partition coefficient (Wildman–Crippen LogP) is 4.63. The Morgan fingerprint density at radius 3 is 2.72 bits per heavy atom. The molecule has 0 spiro atoms. The first-order chi connectivity index (χ1) is 13.9. The van der Waals surface area contributed by atoms with E-state index in [1.54, 1.807) is 38.2 Å². The zero-order valence-electron chi connectivity index (χ0n) is 16.0. The molecule has 0 aliphatic rings. The number of carbonyl (C=O) groups is 1. The molecule has 4 rings (SSSR count). The van der Waals surface area contributed by atoms with E-state index >= 15 is 0 Å². The normalized spacial score (nSPS) is 11.0. The van der Waals surface area contributed by atoms with Crippen LogP contribution in [0.5, 0.6) is 11.5 Å². The smallest absolute Gasteiger partial charge is 0.343 e. The fourth-order valence-electron chi connectivity index (χ4n) is 2.95. The van der Waals surface area contributed by atoms with Crippen LogP contribution in [0.4, 0.5) is 0 Å². The number of carbonyl (C=O) groups excluding carboxylic acids is 1. The van der Waals surface area contributed by atoms with Crippen LogP contribution in [0.1, 0.15) is 23.1 Å². The SMILES string of the molecule is CC(=O)Oc1c(C)c(-c2cc3cc(OCc4nccs4)ccc3o2)oc(=O)c1C. The van der Waals surface area contributed by atoms with Gasteiger partial charge in [-0.15, -0.1) is 11.3 Å². The Morgan fingerprint density at radius 2 is 2.00 bits per heavy atom. The highest BCUT2D eigenvalue weighted by Crippen LogP contribution is 2.35. The number of benzene rings is 1. The van der Waals surface area contributed by atoms with Gasteiger partial charge in [-0.1, -0.05) is 0 Å². The van der Waals surface area contributed by atoms with Gasteiger partial charge < -0.3 is 18.3 Å². The Kier molecular flexibility index (Phi) is 4.94. The number of esters is 1. The highest BCUT2D eigenvalue weighted by Gasteiger charge is 2.21. The first kappa shape index (κ1) is 18.9. The molecule has 0 radical (unpaired) electrons. The molecule has 0 aliphatic carbocycles. The van der Waals surface area contributed by atoms with Crippen LogP contribution in [0.2, 0.25) is 0 Å². The summed E-state index contributed by atoms with van der Waals surface area (Å²) in [6.07, 6.45) is 1.73. The summed E-state index contributed by atoms with van der Waals surface area (Å²) in [5, 5.41) is 3.56. The summed E-state index contributed by atoms with van der Waals surface area (Å²) in [6, 6.07) is 7.17. The Morgan fingerprint density at radius 1 is 1.17 bits per heavy atom. The number of thiazole rings is 1. The van der Waals surface area contributed by atoms with Crippen LogP contribution in [0.3, 0.4) is 0 Å². The van der Waals surface area contributed by atoms with Crippen molar-refractivity contribution in [1.82, 2.24) is 4.98 Å². The quantitative estimate of drug-likeness (QED) is 0.442. The van der Waals surface area contributed by atoms with Gasteiger partial charge in [0, 0.05) is 29.5 Å². The molecule has 0 saturated carbocycles. The topological polar surface area (TPSA) is 91.8 Å². The molecule has 0 aliphatic heterocycles. The molecule has 7 nitrogen and oxygen atoms in total. The van der Waals surface area contributed by atoms with E-state index in [-0.39, 0.29) is 17.1 Å². The van der Waals surface area contributed by atoms with Gasteiger partial charge in [0.15, 0.2) is 11.5 Å². The Balaban J connectivity index is 1.70. The Labute approximate surface area is 169 Å². The van der Waals surface area contributed by atoms with Crippen LogP contribution in [0.15, 0.2) is 49.5 Å². The van der Waals surface area contributed by atoms with E-state index in [9.17, 15) is 9.59 Å². The summed E-state index contributed by atoms with van der Waals surface area (Å²) in [5.41, 5.74) is 0.764. The van der Waals surface area contributed by atoms with Crippen molar-refractivity contribution in [2.45, 2.75) is 27.4 Å². The summed E-state index contributed by atoms with van der Waals surface area (Å²) in [5.74, 6) is 0.928. The molecular weight excluding hydrogens is 394 g/mol. The second kappa shape index (κ2) is 7.56. The molecule has 148 valence electrons. The van der Waals surface area contributed by atoms with Crippen molar-refractivity contribution >= 4 is 28.3 Å². The van der Waals surface area contributed by atoms with Gasteiger partial charge in [0.2, 0.25) is 0 Å². The fraction of sp³-hybridized carbons (Fsp3) is 0.190. The summed E-state index contributed by atoms with van der Waals surface area (Å²) < 4.78 is 22.3. The third kappa shape index (κ3) is 3.79. The van der Waals surface area contributed by atoms with Gasteiger partial charge in [-0.2, -0.15) is 0 Å². The van der Waals surface area contributed by atoms with Crippen LogP contribution in [0, 0.1) is 13.8 Å². The molecule has 3 heterocycles. The number of rotatable bonds is 5. The summed E-state index contributed by atoms with van der Waals surface area (Å²) in [6.45, 7) is 4.91. The molecule has 4 aromatic rings. The number of nitrogens with zero attached hydrogens (tertiary/aromatic N) is 1. The van der Waals surface area contributed by atoms with E-state index in [2.05, 4.69) is 4.98 Å². The zero-order valence-corrected chi connectivity index (χ0v) is 16.8. The molecule has 3 aromatic heterocycles. The van der Waals surface area contributed by atoms with Gasteiger partial charge in [-0.05, 0) is 38.1 Å². The maximum absolute atomic E-state index is 12.2. The molecule has 29 heavy (non-hydrogen) atoms. The molecule has 8 heteroatoms. The van der Waals surface area contributed by atoms with Crippen LogP contribution < -0.4 is 15.1 Å². The van der Waals surface area contributed by atoms with Crippen molar-refractivity contribution < 1.29 is 23.1 Å². The Hall–Kier alpha value is -3.39. The minimum absolute atomic E-state index is 0.191. The molecular formula is C21H17NO6S. The maximum atomic E-state index is 12.2. The van der Waals surface area contributed by atoms with E-state index in [0.717, 1.165) is 10.4 Å². The van der Waals surface area contributed by atoms with Crippen LogP contribution in [0.25, 0.3) is 22.5 Å². The van der Waals surface area contributed by atoms with Gasteiger partial charge in [-0.3, -0.25) is 4.79 Å². The molecule has 1 aromatic carbocycles. The zero-order chi connectivity index (χ0) is 20.5. The first-order valence-electron chi connectivity index (χ1n) is 8.80. The van der Waals surface area contributed by atoms with Crippen molar-refractivity contribution in [2.75, 3.05) is 0 Å². The molecule has 0 bridgehead atoms. The number of hydrogen-bond acceptors (Lipinski definition) is 8. The summed E-state index contributed by atoms with van der Waals surface area (Å²) >= 11 is 1.52. The van der Waals surface area contributed by atoms with Gasteiger partial charge in [0.05, 0.1) is 5.56 Å². The lowest BCUT2D eigenvalue weighted by Crippen LogP contribution is -2.12. The molecule has 0 amide bonds. The summed E-state index contributed by atoms with van der Waals surface area (Å²) in [4.78, 5) is 27.8. The highest BCUT2D eigenvalue weighted by atomic mass is 32.1. The van der Waals surface area contributed by atoms with E-state index in [1.165, 1.54) is 18.3 Å². The lowest BCUT2D eigenvalue weighted by molar-refractivity contribution is -0.132. The third-order valence-electron chi connectivity index (χ3n) is 4.33. The van der Waals surface area contributed by atoms with Crippen molar-refractivity contribution in [3.63, 3.8) is 0 Å². The van der Waals surface area contributed by atoms with Crippen molar-refractivity contribution in [1.29, 1.82) is 0 Å². The minimum Gasteiger partial charge on any atom is -0.486 e. The number of fused-ring (bicyclic) bond motifs is 1. The van der Waals surface area contributed by atoms with Gasteiger partial charge >= 0.3 is 11.6 Å². The fourth-order valence-corrected chi connectivity index (χ4v) is 3.47. The number of aromatic nitrogens is 1. The average molecular weight is 411 g/mol. The maximum Gasteiger partial charge on any atom is 0.343 e. The van der Waals surface area contributed by atoms with Gasteiger partial charge in [0.25, 0.3) is 0 Å². The lowest BCUT2D eigenvalue weighted by atomic mass is 10.1. The van der Waals surface area contributed by atoms with Crippen molar-refractivity contribution in [2.24, 2.45) is 0 Å². The van der Waals surface area contributed by atoms with Crippen molar-refractivity contribution in [3.05, 3.63) is 62.4 Å². The Bertz CT molecular complexity index is 1250. The molecule has 0 N–H and O–H groups in total. The number of furan rings is 1. The van der Waals surface area contributed by atoms with Gasteiger partial charge in [0.1, 0.15) is 28.7 Å². The standard InChI is InChI=1S/C21H17NO6S/c1-11-19(26-13(3)23)12(2)21(24)28-20(11)17-9-14-8-15(4-5-16(14)27-17)25-10-18-22-6-7-29-18/h4-9H,10H2,1-3H3. The number of hydrogen-bond donors (Lipinski definition) is 0. The van der Waals surface area contributed by atoms with Crippen LogP contribution in [-0.2, 0) is 11.4 Å². The summed E-state index contributed by atoms with van der Waals surface area (Å²) in [7, 11) is 0. The lowest BCUT2D eigenvalue weighted by Gasteiger charge is -2.10. The monoisotopic (exact) mass is 411 g/mol. The second-order valence-corrected chi connectivity index (χ2v) is 7.40. The van der Waals surface area contributed by atoms with Crippen molar-refractivity contribution in [3.8, 4) is 23.0 Å². The third-order valence-corrected chi connectivity index (χ3v) is 5.08. The number of ether oxygens (including phenoxy) is 2. The largest absolute Gasteiger partial charge is 0.486 e. The predicted molar refractivity (Wildman–Crippen MR) is 107 cm³/mol. The average Bonchev–Trinajstić information content (AvgIpc) is 3.35. The first-order valence-corrected chi connectivity index (χ1v) is 9.68. The van der Waals surface area contributed by atoms with Crippen LogP contribution >= 0.6 is 11.3 Å². The van der Waals surface area contributed by atoms with E-state index in [4.69, 9.17) is 18.3 Å². The van der Waals surface area contributed by atoms with E-state index in [1.807, 2.05) is 11.4 Å².